The predicted molar refractivity (Wildman–Crippen MR) is 83.7 cm³/mol. The van der Waals surface area contributed by atoms with Gasteiger partial charge in [-0.2, -0.15) is 0 Å². The van der Waals surface area contributed by atoms with Gasteiger partial charge in [-0.15, -0.1) is 0 Å². The van der Waals surface area contributed by atoms with Crippen LogP contribution in [0.5, 0.6) is 5.75 Å². The van der Waals surface area contributed by atoms with Gasteiger partial charge < -0.3 is 14.8 Å². The van der Waals surface area contributed by atoms with E-state index in [-0.39, 0.29) is 12.0 Å². The predicted octanol–water partition coefficient (Wildman–Crippen LogP) is 3.54. The Bertz CT molecular complexity index is 523. The lowest BCUT2D eigenvalue weighted by molar-refractivity contribution is -0.138. The van der Waals surface area contributed by atoms with Crippen LogP contribution in [0.2, 0.25) is 0 Å². The van der Waals surface area contributed by atoms with E-state index in [2.05, 4.69) is 5.32 Å². The third kappa shape index (κ3) is 3.56. The first-order valence-electron chi connectivity index (χ1n) is 7.50. The van der Waals surface area contributed by atoms with Crippen molar-refractivity contribution < 1.29 is 14.3 Å². The number of methoxy groups -OCH3 is 1. The van der Waals surface area contributed by atoms with E-state index in [1.54, 1.807) is 7.11 Å². The molecule has 0 heterocycles. The van der Waals surface area contributed by atoms with E-state index in [0.717, 1.165) is 29.8 Å². The molecule has 1 aromatic carbocycles. The fourth-order valence-electron chi connectivity index (χ4n) is 2.45. The molecule has 2 rings (SSSR count). The number of rotatable bonds is 6. The van der Waals surface area contributed by atoms with Gasteiger partial charge in [0.25, 0.3) is 5.91 Å². The van der Waals surface area contributed by atoms with Crippen LogP contribution in [0.4, 0.5) is 5.69 Å². The molecule has 116 valence electrons. The summed E-state index contributed by atoms with van der Waals surface area (Å²) in [5, 5.41) is 2.96. The van der Waals surface area contributed by atoms with Crippen LogP contribution in [0.3, 0.4) is 0 Å². The number of ether oxygens (including phenoxy) is 2. The van der Waals surface area contributed by atoms with E-state index in [1.165, 1.54) is 0 Å². The highest BCUT2D eigenvalue weighted by Crippen LogP contribution is 2.42. The van der Waals surface area contributed by atoms with Crippen LogP contribution in [0.25, 0.3) is 0 Å². The molecule has 0 spiro atoms. The van der Waals surface area contributed by atoms with Crippen molar-refractivity contribution in [1.29, 1.82) is 0 Å². The van der Waals surface area contributed by atoms with Crippen molar-refractivity contribution >= 4 is 11.6 Å². The summed E-state index contributed by atoms with van der Waals surface area (Å²) in [4.78, 5) is 12.5. The maximum absolute atomic E-state index is 12.5. The monoisotopic (exact) mass is 291 g/mol. The lowest BCUT2D eigenvalue weighted by atomic mass is 9.99. The Hall–Kier alpha value is -1.55. The van der Waals surface area contributed by atoms with Crippen molar-refractivity contribution in [2.45, 2.75) is 52.2 Å². The Morgan fingerprint density at radius 1 is 1.38 bits per heavy atom. The normalized spacial score (nSPS) is 17.4. The van der Waals surface area contributed by atoms with E-state index in [1.807, 2.05) is 45.9 Å². The summed E-state index contributed by atoms with van der Waals surface area (Å²) in [5.74, 6) is 1.09. The highest BCUT2D eigenvalue weighted by molar-refractivity contribution is 5.97. The van der Waals surface area contributed by atoms with Crippen LogP contribution < -0.4 is 10.1 Å². The zero-order valence-corrected chi connectivity index (χ0v) is 13.5. The highest BCUT2D eigenvalue weighted by Gasteiger charge is 2.47. The first-order chi connectivity index (χ1) is 9.86. The summed E-state index contributed by atoms with van der Waals surface area (Å²) < 4.78 is 11.2. The number of hydrogen-bond donors (Lipinski definition) is 1. The van der Waals surface area contributed by atoms with Crippen LogP contribution in [0.15, 0.2) is 18.2 Å². The molecule has 1 atom stereocenters. The number of benzene rings is 1. The summed E-state index contributed by atoms with van der Waals surface area (Å²) in [5.41, 5.74) is 1.05. The summed E-state index contributed by atoms with van der Waals surface area (Å²) in [6, 6.07) is 5.69. The lowest BCUT2D eigenvalue weighted by Gasteiger charge is -2.26. The van der Waals surface area contributed by atoms with Gasteiger partial charge >= 0.3 is 0 Å². The molecular weight excluding hydrogens is 266 g/mol. The second-order valence-electron chi connectivity index (χ2n) is 6.19. The van der Waals surface area contributed by atoms with Crippen LogP contribution in [-0.2, 0) is 9.53 Å². The first-order valence-corrected chi connectivity index (χ1v) is 7.50. The first kappa shape index (κ1) is 15.8. The lowest BCUT2D eigenvalue weighted by Crippen LogP contribution is -2.44. The molecule has 1 aliphatic carbocycles. The highest BCUT2D eigenvalue weighted by atomic mass is 16.5. The number of carbonyl (C=O) groups excluding carboxylic acids is 1. The smallest absolute Gasteiger partial charge is 0.256 e. The Balaban J connectivity index is 2.09. The van der Waals surface area contributed by atoms with Gasteiger partial charge in [0, 0.05) is 12.8 Å². The molecule has 0 saturated heterocycles. The number of aryl methyl sites for hydroxylation is 1. The second-order valence-corrected chi connectivity index (χ2v) is 6.19. The Morgan fingerprint density at radius 2 is 2.05 bits per heavy atom. The molecular formula is C17H25NO3. The van der Waals surface area contributed by atoms with Crippen molar-refractivity contribution in [3.63, 3.8) is 0 Å². The third-order valence-electron chi connectivity index (χ3n) is 4.03. The van der Waals surface area contributed by atoms with E-state index < -0.39 is 5.60 Å². The van der Waals surface area contributed by atoms with Crippen LogP contribution in [0, 0.1) is 12.8 Å². The number of anilines is 1. The molecule has 0 unspecified atom stereocenters. The zero-order valence-electron chi connectivity index (χ0n) is 13.5. The standard InChI is InChI=1S/C17H25NO3/c1-11(2)21-15-9-8-14(10-12(15)3)18-16(19)17(4,20-5)13-6-7-13/h8-11,13H,6-7H2,1-5H3,(H,18,19)/t17-/m0/s1. The van der Waals surface area contributed by atoms with Crippen LogP contribution >= 0.6 is 0 Å². The van der Waals surface area contributed by atoms with Gasteiger partial charge in [-0.1, -0.05) is 0 Å². The molecule has 0 radical (unpaired) electrons. The maximum atomic E-state index is 12.5. The number of hydrogen-bond acceptors (Lipinski definition) is 3. The van der Waals surface area contributed by atoms with Crippen molar-refractivity contribution in [1.82, 2.24) is 0 Å². The maximum Gasteiger partial charge on any atom is 0.256 e. The SMILES string of the molecule is CO[C@](C)(C(=O)Nc1ccc(OC(C)C)c(C)c1)C1CC1. The Kier molecular flexibility index (Phi) is 4.57. The number of nitrogens with one attached hydrogen (secondary N) is 1. The summed E-state index contributed by atoms with van der Waals surface area (Å²) in [6.07, 6.45) is 2.24. The van der Waals surface area contributed by atoms with Gasteiger partial charge in [0.2, 0.25) is 0 Å². The molecule has 1 fully saturated rings. The Labute approximate surface area is 126 Å². The van der Waals surface area contributed by atoms with Gasteiger partial charge in [0.15, 0.2) is 0 Å². The average Bonchev–Trinajstić information content (AvgIpc) is 3.25. The summed E-state index contributed by atoms with van der Waals surface area (Å²) in [6.45, 7) is 7.83. The third-order valence-corrected chi connectivity index (χ3v) is 4.03. The van der Waals surface area contributed by atoms with Crippen molar-refractivity contribution in [2.24, 2.45) is 5.92 Å². The quantitative estimate of drug-likeness (QED) is 0.872. The van der Waals surface area contributed by atoms with E-state index >= 15 is 0 Å². The summed E-state index contributed by atoms with van der Waals surface area (Å²) in [7, 11) is 1.60. The number of amides is 1. The molecule has 0 aromatic heterocycles. The van der Waals surface area contributed by atoms with Crippen molar-refractivity contribution in [2.75, 3.05) is 12.4 Å². The average molecular weight is 291 g/mol. The van der Waals surface area contributed by atoms with E-state index in [4.69, 9.17) is 9.47 Å². The molecule has 1 amide bonds. The van der Waals surface area contributed by atoms with E-state index in [9.17, 15) is 4.79 Å². The summed E-state index contributed by atoms with van der Waals surface area (Å²) >= 11 is 0. The van der Waals surface area contributed by atoms with Crippen LogP contribution in [0.1, 0.15) is 39.2 Å². The minimum atomic E-state index is -0.735. The molecule has 1 aromatic rings. The molecule has 21 heavy (non-hydrogen) atoms. The minimum Gasteiger partial charge on any atom is -0.491 e. The fourth-order valence-corrected chi connectivity index (χ4v) is 2.45. The van der Waals surface area contributed by atoms with Gasteiger partial charge in [0.1, 0.15) is 11.4 Å². The van der Waals surface area contributed by atoms with Crippen molar-refractivity contribution in [3.05, 3.63) is 23.8 Å². The molecule has 4 nitrogen and oxygen atoms in total. The molecule has 1 N–H and O–H groups in total. The topological polar surface area (TPSA) is 47.6 Å². The molecule has 4 heteroatoms. The van der Waals surface area contributed by atoms with Gasteiger partial charge in [0.05, 0.1) is 6.10 Å². The second kappa shape index (κ2) is 6.06. The zero-order chi connectivity index (χ0) is 15.6. The molecule has 0 aliphatic heterocycles. The number of carbonyl (C=O) groups is 1. The van der Waals surface area contributed by atoms with Crippen LogP contribution in [-0.4, -0.2) is 24.7 Å². The van der Waals surface area contributed by atoms with E-state index in [0.29, 0.717) is 5.92 Å². The van der Waals surface area contributed by atoms with Gasteiger partial charge in [-0.05, 0) is 70.2 Å². The fraction of sp³-hybridized carbons (Fsp3) is 0.588. The molecule has 0 bridgehead atoms. The van der Waals surface area contributed by atoms with Crippen molar-refractivity contribution in [3.8, 4) is 5.75 Å². The van der Waals surface area contributed by atoms with Gasteiger partial charge in [-0.25, -0.2) is 0 Å². The minimum absolute atomic E-state index is 0.0792. The largest absolute Gasteiger partial charge is 0.491 e. The molecule has 1 saturated carbocycles. The Morgan fingerprint density at radius 3 is 2.52 bits per heavy atom. The van der Waals surface area contributed by atoms with Gasteiger partial charge in [-0.3, -0.25) is 4.79 Å². The molecule has 1 aliphatic rings.